The summed E-state index contributed by atoms with van der Waals surface area (Å²) in [7, 11) is -1.74. The number of amides is 1. The highest BCUT2D eigenvalue weighted by Crippen LogP contribution is 2.31. The van der Waals surface area contributed by atoms with Crippen LogP contribution in [0, 0.1) is 17.2 Å². The molecule has 0 aliphatic heterocycles. The number of pyridine rings is 2. The molecule has 1 amide bonds. The zero-order valence-corrected chi connectivity index (χ0v) is 32.8. The van der Waals surface area contributed by atoms with Crippen molar-refractivity contribution < 1.29 is 13.2 Å². The van der Waals surface area contributed by atoms with Gasteiger partial charge in [-0.1, -0.05) is 74.5 Å². The standard InChI is InChI=1S/C30H23N5O.C14H21NO3S/c1-30(2,18-31)22-9-11-23(12-10-22)35-28-24-15-19(21-14-20-6-4-5-7-25(20)32-16-21)8-13-26(24)33-17-27(28)34(3)29(35)36;1-10(2)9-12-5-7-13(8-6-12)11(3)14(16)15-19(4,17)18/h4-17H,1-3H3;5-8,10-11H,9H2,1-4H3,(H,15,16)/t;11-/m.1/s1. The van der Waals surface area contributed by atoms with Gasteiger partial charge in [-0.2, -0.15) is 5.26 Å². The Labute approximate surface area is 321 Å². The fourth-order valence-electron chi connectivity index (χ4n) is 6.57. The third kappa shape index (κ3) is 8.35. The summed E-state index contributed by atoms with van der Waals surface area (Å²) in [4.78, 5) is 34.4. The van der Waals surface area contributed by atoms with Gasteiger partial charge in [0, 0.05) is 29.6 Å². The Kier molecular flexibility index (Phi) is 10.8. The molecule has 1 N–H and O–H groups in total. The first-order valence-corrected chi connectivity index (χ1v) is 19.9. The molecule has 280 valence electrons. The van der Waals surface area contributed by atoms with Gasteiger partial charge in [-0.05, 0) is 91.8 Å². The van der Waals surface area contributed by atoms with E-state index in [0.717, 1.165) is 73.5 Å². The van der Waals surface area contributed by atoms with Crippen molar-refractivity contribution in [1.29, 1.82) is 5.26 Å². The van der Waals surface area contributed by atoms with Crippen LogP contribution in [-0.4, -0.2) is 39.7 Å². The number of fused-ring (bicyclic) bond motifs is 4. The van der Waals surface area contributed by atoms with E-state index in [4.69, 9.17) is 0 Å². The molecule has 0 radical (unpaired) electrons. The Bertz CT molecular complexity index is 2760. The lowest BCUT2D eigenvalue weighted by atomic mass is 9.86. The lowest BCUT2D eigenvalue weighted by molar-refractivity contribution is -0.120. The van der Waals surface area contributed by atoms with E-state index in [2.05, 4.69) is 48.1 Å². The van der Waals surface area contributed by atoms with Crippen LogP contribution in [0.3, 0.4) is 0 Å². The number of aromatic nitrogens is 4. The molecule has 0 saturated heterocycles. The first-order chi connectivity index (χ1) is 26.1. The van der Waals surface area contributed by atoms with E-state index in [9.17, 15) is 23.3 Å². The maximum atomic E-state index is 13.4. The molecule has 0 fully saturated rings. The van der Waals surface area contributed by atoms with Crippen molar-refractivity contribution in [2.75, 3.05) is 6.26 Å². The highest BCUT2D eigenvalue weighted by molar-refractivity contribution is 7.89. The molecule has 0 aliphatic rings. The number of rotatable bonds is 8. The average Bonchev–Trinajstić information content (AvgIpc) is 3.42. The number of nitriles is 1. The number of nitrogens with zero attached hydrogens (tertiary/aromatic N) is 5. The Morgan fingerprint density at radius 3 is 2.20 bits per heavy atom. The molecule has 4 aromatic carbocycles. The summed E-state index contributed by atoms with van der Waals surface area (Å²) in [5.41, 5.74) is 8.23. The third-order valence-electron chi connectivity index (χ3n) is 9.74. The minimum Gasteiger partial charge on any atom is -0.293 e. The summed E-state index contributed by atoms with van der Waals surface area (Å²) < 4.78 is 27.4. The Morgan fingerprint density at radius 2 is 1.55 bits per heavy atom. The molecular formula is C44H44N6O4S. The molecule has 0 spiro atoms. The van der Waals surface area contributed by atoms with Gasteiger partial charge in [0.05, 0.1) is 57.6 Å². The van der Waals surface area contributed by atoms with Crippen molar-refractivity contribution in [1.82, 2.24) is 23.8 Å². The first-order valence-electron chi connectivity index (χ1n) is 18.0. The van der Waals surface area contributed by atoms with E-state index in [-0.39, 0.29) is 5.69 Å². The minimum atomic E-state index is -3.50. The highest BCUT2D eigenvalue weighted by atomic mass is 32.2. The first kappa shape index (κ1) is 38.6. The molecule has 0 unspecified atom stereocenters. The molecule has 7 aromatic rings. The van der Waals surface area contributed by atoms with Crippen molar-refractivity contribution >= 4 is 48.8 Å². The van der Waals surface area contributed by atoms with Crippen LogP contribution in [0.25, 0.3) is 49.7 Å². The molecule has 7 rings (SSSR count). The number of carbonyl (C=O) groups is 1. The van der Waals surface area contributed by atoms with Crippen LogP contribution in [0.1, 0.15) is 57.2 Å². The minimum absolute atomic E-state index is 0.149. The SMILES string of the molecule is CC(C)Cc1ccc([C@@H](C)C(=O)NS(C)(=O)=O)cc1.Cn1c(=O)n(-c2ccc(C(C)(C)C#N)cc2)c2c3cc(-c4cnc5ccccc5c4)ccc3ncc21. The summed E-state index contributed by atoms with van der Waals surface area (Å²) in [6.45, 7) is 9.76. The summed E-state index contributed by atoms with van der Waals surface area (Å²) in [5.74, 6) is -0.404. The molecule has 11 heteroatoms. The monoisotopic (exact) mass is 752 g/mol. The van der Waals surface area contributed by atoms with Gasteiger partial charge >= 0.3 is 5.69 Å². The van der Waals surface area contributed by atoms with E-state index in [0.29, 0.717) is 5.92 Å². The van der Waals surface area contributed by atoms with Crippen molar-refractivity contribution in [2.45, 2.75) is 52.4 Å². The normalized spacial score (nSPS) is 12.3. The van der Waals surface area contributed by atoms with E-state index >= 15 is 0 Å². The van der Waals surface area contributed by atoms with Crippen LogP contribution < -0.4 is 10.4 Å². The lowest BCUT2D eigenvalue weighted by Gasteiger charge is -2.16. The van der Waals surface area contributed by atoms with Crippen LogP contribution in [0.5, 0.6) is 0 Å². The second-order valence-corrected chi connectivity index (χ2v) is 16.6. The van der Waals surface area contributed by atoms with Gasteiger partial charge in [0.25, 0.3) is 0 Å². The van der Waals surface area contributed by atoms with Crippen LogP contribution in [0.4, 0.5) is 0 Å². The van der Waals surface area contributed by atoms with Gasteiger partial charge in [0.1, 0.15) is 0 Å². The molecule has 3 heterocycles. The van der Waals surface area contributed by atoms with E-state index < -0.39 is 27.3 Å². The largest absolute Gasteiger partial charge is 0.333 e. The maximum Gasteiger partial charge on any atom is 0.333 e. The van der Waals surface area contributed by atoms with Crippen molar-refractivity contribution in [3.05, 3.63) is 137 Å². The zero-order chi connectivity index (χ0) is 39.7. The predicted octanol–water partition coefficient (Wildman–Crippen LogP) is 7.96. The average molecular weight is 753 g/mol. The third-order valence-corrected chi connectivity index (χ3v) is 10.3. The number of nitrogens with one attached hydrogen (secondary N) is 1. The number of aryl methyl sites for hydroxylation is 1. The van der Waals surface area contributed by atoms with Gasteiger partial charge in [0.15, 0.2) is 0 Å². The Morgan fingerprint density at radius 1 is 0.873 bits per heavy atom. The zero-order valence-electron chi connectivity index (χ0n) is 32.0. The van der Waals surface area contributed by atoms with Crippen LogP contribution in [-0.2, 0) is 33.7 Å². The maximum absolute atomic E-state index is 13.4. The van der Waals surface area contributed by atoms with Gasteiger partial charge in [-0.3, -0.25) is 28.6 Å². The molecular weight excluding hydrogens is 709 g/mol. The number of imidazole rings is 1. The second-order valence-electron chi connectivity index (χ2n) is 14.9. The van der Waals surface area contributed by atoms with Crippen LogP contribution >= 0.6 is 0 Å². The Hall–Kier alpha value is -6.12. The summed E-state index contributed by atoms with van der Waals surface area (Å²) in [6.07, 6.45) is 5.60. The molecule has 55 heavy (non-hydrogen) atoms. The topological polar surface area (TPSA) is 140 Å². The van der Waals surface area contributed by atoms with Crippen molar-refractivity contribution in [2.24, 2.45) is 13.0 Å². The van der Waals surface area contributed by atoms with E-state index in [1.807, 2.05) is 104 Å². The van der Waals surface area contributed by atoms with Gasteiger partial charge in [0.2, 0.25) is 15.9 Å². The van der Waals surface area contributed by atoms with E-state index in [1.54, 1.807) is 29.3 Å². The number of hydrogen-bond donors (Lipinski definition) is 1. The highest BCUT2D eigenvalue weighted by Gasteiger charge is 2.22. The second kappa shape index (κ2) is 15.3. The van der Waals surface area contributed by atoms with Crippen molar-refractivity contribution in [3.8, 4) is 22.9 Å². The van der Waals surface area contributed by atoms with Gasteiger partial charge in [-0.25, -0.2) is 13.2 Å². The number of sulfonamides is 1. The number of para-hydroxylation sites is 1. The molecule has 0 aliphatic carbocycles. The molecule has 0 saturated carbocycles. The summed E-state index contributed by atoms with van der Waals surface area (Å²) >= 11 is 0. The van der Waals surface area contributed by atoms with Gasteiger partial charge < -0.3 is 0 Å². The molecule has 3 aromatic heterocycles. The van der Waals surface area contributed by atoms with Crippen LogP contribution in [0.2, 0.25) is 0 Å². The molecule has 0 bridgehead atoms. The van der Waals surface area contributed by atoms with Crippen LogP contribution in [0.15, 0.2) is 114 Å². The quantitative estimate of drug-likeness (QED) is 0.166. The van der Waals surface area contributed by atoms with E-state index in [1.165, 1.54) is 5.56 Å². The van der Waals surface area contributed by atoms with Crippen molar-refractivity contribution in [3.63, 3.8) is 0 Å². The fraction of sp³-hybridized carbons (Fsp3) is 0.250. The lowest BCUT2D eigenvalue weighted by Crippen LogP contribution is -2.32. The summed E-state index contributed by atoms with van der Waals surface area (Å²) in [6, 6.07) is 34.0. The smallest absolute Gasteiger partial charge is 0.293 e. The Balaban J connectivity index is 0.000000230. The molecule has 1 atom stereocenters. The fourth-order valence-corrected chi connectivity index (χ4v) is 7.12. The summed E-state index contributed by atoms with van der Waals surface area (Å²) in [5, 5.41) is 11.5. The predicted molar refractivity (Wildman–Crippen MR) is 220 cm³/mol. The number of benzene rings is 4. The number of carbonyl (C=O) groups excluding carboxylic acids is 1. The number of hydrogen-bond acceptors (Lipinski definition) is 7. The van der Waals surface area contributed by atoms with Gasteiger partial charge in [-0.15, -0.1) is 0 Å². The molecule has 10 nitrogen and oxygen atoms in total.